The zero-order chi connectivity index (χ0) is 9.90. The van der Waals surface area contributed by atoms with E-state index in [4.69, 9.17) is 5.73 Å². The molecule has 1 fully saturated rings. The first-order valence-corrected chi connectivity index (χ1v) is 5.82. The maximum absolute atomic E-state index is 12.4. The van der Waals surface area contributed by atoms with Crippen molar-refractivity contribution >= 4 is 11.8 Å². The molecule has 1 aliphatic heterocycles. The van der Waals surface area contributed by atoms with Gasteiger partial charge in [0.2, 0.25) is 0 Å². The summed E-state index contributed by atoms with van der Waals surface area (Å²) in [5, 5.41) is 0. The zero-order valence-corrected chi connectivity index (χ0v) is 8.75. The van der Waals surface area contributed by atoms with Crippen molar-refractivity contribution in [3.8, 4) is 0 Å². The lowest BCUT2D eigenvalue weighted by Gasteiger charge is -2.30. The third kappa shape index (κ3) is 3.43. The largest absolute Gasteiger partial charge is 0.321 e. The standard InChI is InChI=1S/C9H17F2NS/c1-9(12,8(10)11)5-7-3-2-4-13-6-7/h7-8H,2-6,12H2,1H3. The first-order valence-electron chi connectivity index (χ1n) is 4.67. The molecule has 1 aliphatic rings. The monoisotopic (exact) mass is 209 g/mol. The lowest BCUT2D eigenvalue weighted by molar-refractivity contribution is 0.0499. The van der Waals surface area contributed by atoms with Crippen molar-refractivity contribution in [1.82, 2.24) is 0 Å². The molecule has 0 saturated carbocycles. The van der Waals surface area contributed by atoms with Crippen molar-refractivity contribution in [2.45, 2.75) is 38.2 Å². The van der Waals surface area contributed by atoms with Gasteiger partial charge in [0.1, 0.15) is 0 Å². The number of halogens is 2. The van der Waals surface area contributed by atoms with Gasteiger partial charge in [0.25, 0.3) is 6.43 Å². The van der Waals surface area contributed by atoms with Gasteiger partial charge in [-0.25, -0.2) is 8.78 Å². The molecule has 0 radical (unpaired) electrons. The summed E-state index contributed by atoms with van der Waals surface area (Å²) >= 11 is 1.85. The predicted octanol–water partition coefficient (Wildman–Crippen LogP) is 2.50. The molecule has 0 amide bonds. The third-order valence-corrected chi connectivity index (χ3v) is 3.77. The minimum absolute atomic E-state index is 0.391. The van der Waals surface area contributed by atoms with Crippen LogP contribution in [0.5, 0.6) is 0 Å². The molecule has 0 aliphatic carbocycles. The molecule has 0 spiro atoms. The van der Waals surface area contributed by atoms with Crippen LogP contribution in [0.2, 0.25) is 0 Å². The summed E-state index contributed by atoms with van der Waals surface area (Å²) in [7, 11) is 0. The first kappa shape index (κ1) is 11.2. The average Bonchev–Trinajstić information content (AvgIpc) is 2.05. The van der Waals surface area contributed by atoms with Crippen molar-refractivity contribution in [2.75, 3.05) is 11.5 Å². The number of thioether (sulfide) groups is 1. The van der Waals surface area contributed by atoms with Crippen LogP contribution in [0.3, 0.4) is 0 Å². The highest BCUT2D eigenvalue weighted by atomic mass is 32.2. The van der Waals surface area contributed by atoms with Gasteiger partial charge in [0, 0.05) is 0 Å². The minimum Gasteiger partial charge on any atom is -0.321 e. The second-order valence-corrected chi connectivity index (χ2v) is 5.24. The normalized spacial score (nSPS) is 28.8. The molecule has 4 heteroatoms. The molecule has 78 valence electrons. The number of hydrogen-bond donors (Lipinski definition) is 1. The SMILES string of the molecule is CC(N)(CC1CCCSC1)C(F)F. The Morgan fingerprint density at radius 3 is 2.77 bits per heavy atom. The van der Waals surface area contributed by atoms with Gasteiger partial charge in [-0.3, -0.25) is 0 Å². The molecule has 0 bridgehead atoms. The Kier molecular flexibility index (Phi) is 3.98. The lowest BCUT2D eigenvalue weighted by atomic mass is 9.88. The number of alkyl halides is 2. The van der Waals surface area contributed by atoms with E-state index < -0.39 is 12.0 Å². The molecule has 2 N–H and O–H groups in total. The summed E-state index contributed by atoms with van der Waals surface area (Å²) in [5.74, 6) is 2.56. The molecular weight excluding hydrogens is 192 g/mol. The maximum Gasteiger partial charge on any atom is 0.256 e. The Bertz CT molecular complexity index is 156. The second-order valence-electron chi connectivity index (χ2n) is 4.09. The van der Waals surface area contributed by atoms with Gasteiger partial charge < -0.3 is 5.73 Å². The molecule has 1 rings (SSSR count). The lowest BCUT2D eigenvalue weighted by Crippen LogP contribution is -2.46. The van der Waals surface area contributed by atoms with Crippen LogP contribution in [0.25, 0.3) is 0 Å². The topological polar surface area (TPSA) is 26.0 Å². The third-order valence-electron chi connectivity index (χ3n) is 2.48. The van der Waals surface area contributed by atoms with E-state index in [-0.39, 0.29) is 0 Å². The van der Waals surface area contributed by atoms with Crippen molar-refractivity contribution in [3.63, 3.8) is 0 Å². The molecule has 0 aromatic heterocycles. The Morgan fingerprint density at radius 1 is 1.62 bits per heavy atom. The fraction of sp³-hybridized carbons (Fsp3) is 1.00. The van der Waals surface area contributed by atoms with Crippen LogP contribution in [0.1, 0.15) is 26.2 Å². The molecule has 1 nitrogen and oxygen atoms in total. The molecule has 2 atom stereocenters. The van der Waals surface area contributed by atoms with Crippen LogP contribution in [-0.2, 0) is 0 Å². The Balaban J connectivity index is 2.37. The van der Waals surface area contributed by atoms with Gasteiger partial charge in [0.15, 0.2) is 0 Å². The van der Waals surface area contributed by atoms with Gasteiger partial charge in [-0.05, 0) is 43.6 Å². The van der Waals surface area contributed by atoms with Gasteiger partial charge in [-0.2, -0.15) is 11.8 Å². The van der Waals surface area contributed by atoms with E-state index in [0.717, 1.165) is 18.6 Å². The second kappa shape index (κ2) is 4.60. The molecule has 0 aromatic carbocycles. The minimum atomic E-state index is -2.40. The van der Waals surface area contributed by atoms with Crippen LogP contribution in [0.15, 0.2) is 0 Å². The van der Waals surface area contributed by atoms with Crippen LogP contribution in [0, 0.1) is 5.92 Å². The fourth-order valence-electron chi connectivity index (χ4n) is 1.68. The molecule has 13 heavy (non-hydrogen) atoms. The summed E-state index contributed by atoms with van der Waals surface area (Å²) < 4.78 is 24.9. The fourth-order valence-corrected chi connectivity index (χ4v) is 2.83. The molecule has 1 heterocycles. The van der Waals surface area contributed by atoms with E-state index in [1.165, 1.54) is 12.7 Å². The first-order chi connectivity index (χ1) is 6.02. The van der Waals surface area contributed by atoms with Gasteiger partial charge >= 0.3 is 0 Å². The van der Waals surface area contributed by atoms with Crippen molar-refractivity contribution < 1.29 is 8.78 Å². The molecule has 1 saturated heterocycles. The Hall–Kier alpha value is 0.170. The Morgan fingerprint density at radius 2 is 2.31 bits per heavy atom. The van der Waals surface area contributed by atoms with E-state index in [1.54, 1.807) is 0 Å². The molecule has 2 unspecified atom stereocenters. The maximum atomic E-state index is 12.4. The summed E-state index contributed by atoms with van der Waals surface area (Å²) in [6.45, 7) is 1.46. The molecular formula is C9H17F2NS. The van der Waals surface area contributed by atoms with E-state index in [1.807, 2.05) is 11.8 Å². The quantitative estimate of drug-likeness (QED) is 0.773. The number of hydrogen-bond acceptors (Lipinski definition) is 2. The van der Waals surface area contributed by atoms with Crippen LogP contribution >= 0.6 is 11.8 Å². The number of nitrogens with two attached hydrogens (primary N) is 1. The van der Waals surface area contributed by atoms with E-state index in [9.17, 15) is 8.78 Å². The van der Waals surface area contributed by atoms with Crippen molar-refractivity contribution in [2.24, 2.45) is 11.7 Å². The molecule has 0 aromatic rings. The highest BCUT2D eigenvalue weighted by Gasteiger charge is 2.33. The van der Waals surface area contributed by atoms with Crippen molar-refractivity contribution in [1.29, 1.82) is 0 Å². The predicted molar refractivity (Wildman–Crippen MR) is 53.3 cm³/mol. The summed E-state index contributed by atoms with van der Waals surface area (Å²) in [6, 6.07) is 0. The van der Waals surface area contributed by atoms with Gasteiger partial charge in [-0.1, -0.05) is 0 Å². The van der Waals surface area contributed by atoms with Crippen molar-refractivity contribution in [3.05, 3.63) is 0 Å². The number of rotatable bonds is 3. The average molecular weight is 209 g/mol. The highest BCUT2D eigenvalue weighted by Crippen LogP contribution is 2.30. The van der Waals surface area contributed by atoms with Crippen LogP contribution in [0.4, 0.5) is 8.78 Å². The van der Waals surface area contributed by atoms with Gasteiger partial charge in [-0.15, -0.1) is 0 Å². The zero-order valence-electron chi connectivity index (χ0n) is 7.93. The summed E-state index contributed by atoms with van der Waals surface area (Å²) in [6.07, 6.45) is 0.262. The van der Waals surface area contributed by atoms with Gasteiger partial charge in [0.05, 0.1) is 5.54 Å². The Labute approximate surface area is 82.4 Å². The smallest absolute Gasteiger partial charge is 0.256 e. The summed E-state index contributed by atoms with van der Waals surface area (Å²) in [5.41, 5.74) is 4.24. The van der Waals surface area contributed by atoms with Crippen LogP contribution in [-0.4, -0.2) is 23.5 Å². The summed E-state index contributed by atoms with van der Waals surface area (Å²) in [4.78, 5) is 0. The van der Waals surface area contributed by atoms with E-state index in [0.29, 0.717) is 12.3 Å². The van der Waals surface area contributed by atoms with E-state index in [2.05, 4.69) is 0 Å². The van der Waals surface area contributed by atoms with E-state index >= 15 is 0 Å². The van der Waals surface area contributed by atoms with Crippen LogP contribution < -0.4 is 5.73 Å². The highest BCUT2D eigenvalue weighted by molar-refractivity contribution is 7.99.